The fraction of sp³-hybridized carbons (Fsp3) is 0.200. The maximum atomic E-state index is 11.9. The van der Waals surface area contributed by atoms with Gasteiger partial charge in [0.1, 0.15) is 16.1 Å². The number of benzene rings is 1. The Balaban J connectivity index is 1.92. The van der Waals surface area contributed by atoms with Crippen molar-refractivity contribution in [1.29, 1.82) is 0 Å². The predicted molar refractivity (Wildman–Crippen MR) is 83.8 cm³/mol. The summed E-state index contributed by atoms with van der Waals surface area (Å²) in [5.41, 5.74) is 1.59. The second kappa shape index (κ2) is 7.08. The van der Waals surface area contributed by atoms with Gasteiger partial charge in [0.05, 0.1) is 19.0 Å². The molecule has 0 fully saturated rings. The summed E-state index contributed by atoms with van der Waals surface area (Å²) < 4.78 is 11.2. The molecule has 0 aliphatic rings. The molecule has 1 aromatic heterocycles. The van der Waals surface area contributed by atoms with Crippen molar-refractivity contribution in [1.82, 2.24) is 4.98 Å². The number of anilines is 1. The van der Waals surface area contributed by atoms with Crippen molar-refractivity contribution >= 4 is 27.5 Å². The molecule has 0 saturated heterocycles. The van der Waals surface area contributed by atoms with E-state index in [1.54, 1.807) is 31.5 Å². The number of hydrogen-bond donors (Lipinski definition) is 1. The van der Waals surface area contributed by atoms with Gasteiger partial charge in [-0.1, -0.05) is 6.07 Å². The Labute approximate surface area is 131 Å². The van der Waals surface area contributed by atoms with Crippen LogP contribution < -0.4 is 14.8 Å². The van der Waals surface area contributed by atoms with Gasteiger partial charge < -0.3 is 14.8 Å². The van der Waals surface area contributed by atoms with Gasteiger partial charge in [-0.3, -0.25) is 4.79 Å². The number of aryl methyl sites for hydroxylation is 1. The fourth-order valence-corrected chi connectivity index (χ4v) is 2.12. The number of rotatable bonds is 5. The minimum absolute atomic E-state index is 0.0807. The molecule has 21 heavy (non-hydrogen) atoms. The van der Waals surface area contributed by atoms with Crippen LogP contribution in [0.5, 0.6) is 11.5 Å². The second-order valence-corrected chi connectivity index (χ2v) is 5.15. The molecule has 5 nitrogen and oxygen atoms in total. The minimum atomic E-state index is -0.245. The summed E-state index contributed by atoms with van der Waals surface area (Å²) in [7, 11) is 1.58. The zero-order valence-corrected chi connectivity index (χ0v) is 13.3. The van der Waals surface area contributed by atoms with Crippen molar-refractivity contribution in [2.45, 2.75) is 6.92 Å². The highest BCUT2D eigenvalue weighted by atomic mass is 79.9. The normalized spacial score (nSPS) is 10.0. The van der Waals surface area contributed by atoms with E-state index < -0.39 is 0 Å². The number of methoxy groups -OCH3 is 1. The van der Waals surface area contributed by atoms with E-state index in [4.69, 9.17) is 9.47 Å². The lowest BCUT2D eigenvalue weighted by Gasteiger charge is -2.10. The average molecular weight is 351 g/mol. The highest BCUT2D eigenvalue weighted by Crippen LogP contribution is 2.19. The molecule has 0 bridgehead atoms. The summed E-state index contributed by atoms with van der Waals surface area (Å²) in [5.74, 6) is 1.01. The summed E-state index contributed by atoms with van der Waals surface area (Å²) in [6.07, 6.45) is 1.60. The molecule has 0 unspecified atom stereocenters. The standard InChI is InChI=1S/C15H15BrN2O3/c1-10-6-14(16)17-8-13(10)18-15(19)9-21-12-5-3-4-11(7-12)20-2/h3-8H,9H2,1-2H3,(H,18,19). The molecule has 1 amide bonds. The number of hydrogen-bond acceptors (Lipinski definition) is 4. The van der Waals surface area contributed by atoms with Gasteiger partial charge in [0, 0.05) is 6.07 Å². The number of nitrogens with one attached hydrogen (secondary N) is 1. The molecular formula is C15H15BrN2O3. The van der Waals surface area contributed by atoms with E-state index in [9.17, 15) is 4.79 Å². The zero-order valence-electron chi connectivity index (χ0n) is 11.7. The van der Waals surface area contributed by atoms with Crippen molar-refractivity contribution < 1.29 is 14.3 Å². The van der Waals surface area contributed by atoms with E-state index in [2.05, 4.69) is 26.2 Å². The van der Waals surface area contributed by atoms with Gasteiger partial charge in [0.2, 0.25) is 0 Å². The summed E-state index contributed by atoms with van der Waals surface area (Å²) in [6, 6.07) is 8.93. The minimum Gasteiger partial charge on any atom is -0.497 e. The number of ether oxygens (including phenoxy) is 2. The molecule has 0 spiro atoms. The molecule has 6 heteroatoms. The first-order valence-corrected chi connectivity index (χ1v) is 7.06. The van der Waals surface area contributed by atoms with Crippen LogP contribution in [-0.2, 0) is 4.79 Å². The topological polar surface area (TPSA) is 60.5 Å². The summed E-state index contributed by atoms with van der Waals surface area (Å²) in [4.78, 5) is 15.9. The van der Waals surface area contributed by atoms with Crippen LogP contribution in [0.4, 0.5) is 5.69 Å². The Bertz CT molecular complexity index is 647. The Morgan fingerprint density at radius 1 is 1.33 bits per heavy atom. The quantitative estimate of drug-likeness (QED) is 0.841. The lowest BCUT2D eigenvalue weighted by atomic mass is 10.2. The van der Waals surface area contributed by atoms with Gasteiger partial charge in [-0.15, -0.1) is 0 Å². The van der Waals surface area contributed by atoms with Crippen molar-refractivity contribution in [3.63, 3.8) is 0 Å². The summed E-state index contributed by atoms with van der Waals surface area (Å²) in [6.45, 7) is 1.81. The molecule has 0 atom stereocenters. The van der Waals surface area contributed by atoms with Crippen LogP contribution in [0.2, 0.25) is 0 Å². The van der Waals surface area contributed by atoms with Crippen LogP contribution in [0.25, 0.3) is 0 Å². The molecule has 0 aliphatic heterocycles. The van der Waals surface area contributed by atoms with E-state index in [-0.39, 0.29) is 12.5 Å². The van der Waals surface area contributed by atoms with Gasteiger partial charge >= 0.3 is 0 Å². The number of nitrogens with zero attached hydrogens (tertiary/aromatic N) is 1. The monoisotopic (exact) mass is 350 g/mol. The van der Waals surface area contributed by atoms with E-state index in [1.165, 1.54) is 0 Å². The van der Waals surface area contributed by atoms with Crippen LogP contribution in [0, 0.1) is 6.92 Å². The van der Waals surface area contributed by atoms with Gasteiger partial charge in [0.25, 0.3) is 5.91 Å². The molecule has 1 N–H and O–H groups in total. The molecule has 2 aromatic rings. The molecule has 0 radical (unpaired) electrons. The third kappa shape index (κ3) is 4.46. The summed E-state index contributed by atoms with van der Waals surface area (Å²) >= 11 is 3.28. The predicted octanol–water partition coefficient (Wildman–Crippen LogP) is 3.18. The largest absolute Gasteiger partial charge is 0.497 e. The van der Waals surface area contributed by atoms with Gasteiger partial charge in [-0.25, -0.2) is 4.98 Å². The third-order valence-electron chi connectivity index (χ3n) is 2.76. The number of amides is 1. The lowest BCUT2D eigenvalue weighted by Crippen LogP contribution is -2.20. The van der Waals surface area contributed by atoms with Crippen LogP contribution in [0.3, 0.4) is 0 Å². The molecule has 0 aliphatic carbocycles. The Hall–Kier alpha value is -2.08. The number of halogens is 1. The van der Waals surface area contributed by atoms with Crippen LogP contribution in [0.1, 0.15) is 5.56 Å². The third-order valence-corrected chi connectivity index (χ3v) is 3.20. The van der Waals surface area contributed by atoms with Crippen molar-refractivity contribution in [3.05, 3.63) is 46.7 Å². The van der Waals surface area contributed by atoms with Crippen LogP contribution in [0.15, 0.2) is 41.1 Å². The summed E-state index contributed by atoms with van der Waals surface area (Å²) in [5, 5.41) is 2.76. The maximum Gasteiger partial charge on any atom is 0.262 e. The second-order valence-electron chi connectivity index (χ2n) is 4.34. The zero-order chi connectivity index (χ0) is 15.2. The maximum absolute atomic E-state index is 11.9. The van der Waals surface area contributed by atoms with Crippen LogP contribution >= 0.6 is 15.9 Å². The highest BCUT2D eigenvalue weighted by Gasteiger charge is 2.07. The lowest BCUT2D eigenvalue weighted by molar-refractivity contribution is -0.118. The number of pyridine rings is 1. The molecule has 2 rings (SSSR count). The van der Waals surface area contributed by atoms with Crippen molar-refractivity contribution in [3.8, 4) is 11.5 Å². The number of aromatic nitrogens is 1. The first kappa shape index (κ1) is 15.3. The van der Waals surface area contributed by atoms with E-state index >= 15 is 0 Å². The van der Waals surface area contributed by atoms with E-state index in [0.717, 1.165) is 10.2 Å². The van der Waals surface area contributed by atoms with Gasteiger partial charge in [-0.05, 0) is 46.6 Å². The Kier molecular flexibility index (Phi) is 5.16. The molecule has 1 aromatic carbocycles. The molecular weight excluding hydrogens is 336 g/mol. The van der Waals surface area contributed by atoms with Crippen molar-refractivity contribution in [2.75, 3.05) is 19.0 Å². The smallest absolute Gasteiger partial charge is 0.262 e. The first-order chi connectivity index (χ1) is 10.1. The first-order valence-electron chi connectivity index (χ1n) is 6.27. The number of carbonyl (C=O) groups excluding carboxylic acids is 1. The van der Waals surface area contributed by atoms with Gasteiger partial charge in [0.15, 0.2) is 6.61 Å². The van der Waals surface area contributed by atoms with Crippen LogP contribution in [-0.4, -0.2) is 24.6 Å². The molecule has 1 heterocycles. The van der Waals surface area contributed by atoms with Gasteiger partial charge in [-0.2, -0.15) is 0 Å². The molecule has 0 saturated carbocycles. The molecule has 110 valence electrons. The number of carbonyl (C=O) groups is 1. The van der Waals surface area contributed by atoms with E-state index in [0.29, 0.717) is 17.2 Å². The average Bonchev–Trinajstić information content (AvgIpc) is 2.48. The van der Waals surface area contributed by atoms with E-state index in [1.807, 2.05) is 19.1 Å². The highest BCUT2D eigenvalue weighted by molar-refractivity contribution is 9.10. The SMILES string of the molecule is COc1cccc(OCC(=O)Nc2cnc(Br)cc2C)c1. The Morgan fingerprint density at radius 2 is 2.10 bits per heavy atom. The Morgan fingerprint density at radius 3 is 2.81 bits per heavy atom. The van der Waals surface area contributed by atoms with Crippen molar-refractivity contribution in [2.24, 2.45) is 0 Å². The fourth-order valence-electron chi connectivity index (χ4n) is 1.68.